The second-order valence-electron chi connectivity index (χ2n) is 6.63. The number of pyridine rings is 2. The highest BCUT2D eigenvalue weighted by Gasteiger charge is 2.17. The lowest BCUT2D eigenvalue weighted by Gasteiger charge is -2.12. The van der Waals surface area contributed by atoms with Gasteiger partial charge in [0.1, 0.15) is 0 Å². The molecular formula is C22H15F2IN4O2S. The van der Waals surface area contributed by atoms with Crippen LogP contribution < -0.4 is 10.1 Å². The molecule has 0 aliphatic heterocycles. The average molecular weight is 564 g/mol. The molecule has 6 nitrogen and oxygen atoms in total. The van der Waals surface area contributed by atoms with E-state index in [1.807, 2.05) is 16.2 Å². The van der Waals surface area contributed by atoms with E-state index in [-0.39, 0.29) is 11.4 Å². The topological polar surface area (TPSA) is 69.0 Å². The molecule has 1 N–H and O–H groups in total. The first kappa shape index (κ1) is 22.2. The number of methoxy groups -OCH3 is 1. The van der Waals surface area contributed by atoms with Crippen molar-refractivity contribution in [2.75, 3.05) is 12.4 Å². The van der Waals surface area contributed by atoms with Crippen molar-refractivity contribution in [2.24, 2.45) is 0 Å². The summed E-state index contributed by atoms with van der Waals surface area (Å²) in [5.41, 5.74) is 3.32. The zero-order valence-corrected chi connectivity index (χ0v) is 19.6. The van der Waals surface area contributed by atoms with Crippen LogP contribution in [0.4, 0.5) is 14.5 Å². The monoisotopic (exact) mass is 564 g/mol. The predicted molar refractivity (Wildman–Crippen MR) is 131 cm³/mol. The summed E-state index contributed by atoms with van der Waals surface area (Å²) in [6.45, 7) is 3.39. The Hall–Kier alpha value is -2.99. The molecule has 0 saturated carbocycles. The van der Waals surface area contributed by atoms with Gasteiger partial charge in [-0.1, -0.05) is 6.58 Å². The fourth-order valence-corrected chi connectivity index (χ4v) is 4.53. The standard InChI is InChI=1S/C22H15F2IN4O2S/c1-3-20(30)28-17-7-13(8-18(31-2)21(17)24)14-6-15-16(12-4-5-26-19(23)9-12)11-29(32-25)22(15)27-10-14/h3-11H,1H2,2H3,(H,28,30). The van der Waals surface area contributed by atoms with Gasteiger partial charge in [0.05, 0.1) is 12.8 Å². The first-order chi connectivity index (χ1) is 15.4. The Balaban J connectivity index is 1.90. The maximum absolute atomic E-state index is 14.7. The van der Waals surface area contributed by atoms with Crippen molar-refractivity contribution in [1.82, 2.24) is 13.9 Å². The van der Waals surface area contributed by atoms with Crippen molar-refractivity contribution in [2.45, 2.75) is 0 Å². The Bertz CT molecular complexity index is 1360. The lowest BCUT2D eigenvalue weighted by atomic mass is 10.0. The van der Waals surface area contributed by atoms with Crippen LogP contribution in [-0.2, 0) is 4.79 Å². The van der Waals surface area contributed by atoms with Gasteiger partial charge in [-0.3, -0.25) is 8.77 Å². The van der Waals surface area contributed by atoms with Crippen molar-refractivity contribution in [3.63, 3.8) is 0 Å². The predicted octanol–water partition coefficient (Wildman–Crippen LogP) is 6.02. The lowest BCUT2D eigenvalue weighted by Crippen LogP contribution is -2.09. The number of nitrogens with one attached hydrogen (secondary N) is 1. The SMILES string of the molecule is C=CC(=O)Nc1cc(-c2cnc3c(c2)c(-c2ccnc(F)c2)cn3SI)cc(OC)c1F. The van der Waals surface area contributed by atoms with Gasteiger partial charge in [0, 0.05) is 71.5 Å². The summed E-state index contributed by atoms with van der Waals surface area (Å²) < 4.78 is 35.4. The molecule has 1 aromatic carbocycles. The lowest BCUT2D eigenvalue weighted by molar-refractivity contribution is -0.111. The molecule has 0 atom stereocenters. The van der Waals surface area contributed by atoms with Gasteiger partial charge in [0.2, 0.25) is 11.9 Å². The summed E-state index contributed by atoms with van der Waals surface area (Å²) >= 11 is 2.14. The van der Waals surface area contributed by atoms with Crippen LogP contribution in [0.1, 0.15) is 0 Å². The Morgan fingerprint density at radius 3 is 2.72 bits per heavy atom. The number of rotatable bonds is 6. The Kier molecular flexibility index (Phi) is 6.42. The molecule has 0 saturated heterocycles. The van der Waals surface area contributed by atoms with Gasteiger partial charge < -0.3 is 10.1 Å². The quantitative estimate of drug-likeness (QED) is 0.176. The maximum atomic E-state index is 14.7. The minimum absolute atomic E-state index is 0.0289. The van der Waals surface area contributed by atoms with Crippen LogP contribution in [0.3, 0.4) is 0 Å². The van der Waals surface area contributed by atoms with Crippen LogP contribution in [0, 0.1) is 11.8 Å². The normalized spacial score (nSPS) is 10.9. The van der Waals surface area contributed by atoms with E-state index in [2.05, 4.69) is 43.1 Å². The van der Waals surface area contributed by atoms with Crippen LogP contribution in [0.2, 0.25) is 0 Å². The third kappa shape index (κ3) is 4.19. The van der Waals surface area contributed by atoms with Gasteiger partial charge in [-0.25, -0.2) is 14.4 Å². The number of fused-ring (bicyclic) bond motifs is 1. The number of anilines is 1. The van der Waals surface area contributed by atoms with Crippen LogP contribution in [0.25, 0.3) is 33.3 Å². The van der Waals surface area contributed by atoms with Gasteiger partial charge >= 0.3 is 0 Å². The van der Waals surface area contributed by atoms with E-state index in [1.165, 1.54) is 40.6 Å². The van der Waals surface area contributed by atoms with Crippen LogP contribution >= 0.6 is 30.3 Å². The Morgan fingerprint density at radius 2 is 2.03 bits per heavy atom. The third-order valence-electron chi connectivity index (χ3n) is 4.76. The largest absolute Gasteiger partial charge is 0.494 e. The van der Waals surface area contributed by atoms with E-state index in [1.54, 1.807) is 12.3 Å². The molecule has 0 radical (unpaired) electrons. The van der Waals surface area contributed by atoms with Crippen molar-refractivity contribution in [1.29, 1.82) is 0 Å². The van der Waals surface area contributed by atoms with Gasteiger partial charge in [-0.15, -0.1) is 0 Å². The Morgan fingerprint density at radius 1 is 1.22 bits per heavy atom. The summed E-state index contributed by atoms with van der Waals surface area (Å²) in [7, 11) is 2.77. The highest BCUT2D eigenvalue weighted by atomic mass is 127. The summed E-state index contributed by atoms with van der Waals surface area (Å²) in [6, 6.07) is 7.98. The van der Waals surface area contributed by atoms with E-state index < -0.39 is 17.7 Å². The molecule has 0 fully saturated rings. The zero-order chi connectivity index (χ0) is 22.8. The number of ether oxygens (including phenoxy) is 1. The second kappa shape index (κ2) is 9.25. The number of carbonyl (C=O) groups is 1. The number of hydrogen-bond acceptors (Lipinski definition) is 5. The van der Waals surface area contributed by atoms with Crippen molar-refractivity contribution < 1.29 is 18.3 Å². The number of nitrogens with zero attached hydrogens (tertiary/aromatic N) is 3. The van der Waals surface area contributed by atoms with Crippen molar-refractivity contribution in [3.05, 3.63) is 73.3 Å². The molecule has 1 amide bonds. The molecule has 0 aliphatic rings. The molecular weight excluding hydrogens is 549 g/mol. The van der Waals surface area contributed by atoms with Crippen molar-refractivity contribution >= 4 is 53.0 Å². The molecule has 4 rings (SSSR count). The van der Waals surface area contributed by atoms with Crippen LogP contribution in [0.15, 0.2) is 61.6 Å². The third-order valence-corrected chi connectivity index (χ3v) is 6.46. The molecule has 0 unspecified atom stereocenters. The van der Waals surface area contributed by atoms with Gasteiger partial charge in [-0.2, -0.15) is 4.39 Å². The fourth-order valence-electron chi connectivity index (χ4n) is 3.28. The summed E-state index contributed by atoms with van der Waals surface area (Å²) in [5.74, 6) is -1.85. The minimum atomic E-state index is -0.694. The number of carbonyl (C=O) groups excluding carboxylic acids is 1. The molecule has 4 aromatic rings. The molecule has 0 bridgehead atoms. The number of aromatic nitrogens is 3. The summed E-state index contributed by atoms with van der Waals surface area (Å²) in [6.07, 6.45) is 5.97. The van der Waals surface area contributed by atoms with E-state index in [0.29, 0.717) is 22.3 Å². The summed E-state index contributed by atoms with van der Waals surface area (Å²) in [4.78, 5) is 19.9. The van der Waals surface area contributed by atoms with Gasteiger partial charge in [0.25, 0.3) is 0 Å². The van der Waals surface area contributed by atoms with E-state index in [0.717, 1.165) is 17.0 Å². The van der Waals surface area contributed by atoms with Gasteiger partial charge in [-0.05, 0) is 41.5 Å². The number of halogens is 3. The van der Waals surface area contributed by atoms with Crippen LogP contribution in [0.5, 0.6) is 5.75 Å². The molecule has 0 aliphatic carbocycles. The second-order valence-corrected chi connectivity index (χ2v) is 8.35. The first-order valence-electron chi connectivity index (χ1n) is 9.18. The molecule has 3 heterocycles. The zero-order valence-electron chi connectivity index (χ0n) is 16.6. The molecule has 3 aromatic heterocycles. The maximum Gasteiger partial charge on any atom is 0.247 e. The minimum Gasteiger partial charge on any atom is -0.494 e. The van der Waals surface area contributed by atoms with E-state index in [4.69, 9.17) is 4.74 Å². The molecule has 10 heteroatoms. The van der Waals surface area contributed by atoms with Gasteiger partial charge in [0.15, 0.2) is 17.2 Å². The van der Waals surface area contributed by atoms with Crippen molar-refractivity contribution in [3.8, 4) is 28.0 Å². The number of amides is 1. The number of benzene rings is 1. The highest BCUT2D eigenvalue weighted by Crippen LogP contribution is 2.38. The summed E-state index contributed by atoms with van der Waals surface area (Å²) in [5, 5.41) is 3.22. The van der Waals surface area contributed by atoms with E-state index >= 15 is 0 Å². The van der Waals surface area contributed by atoms with E-state index in [9.17, 15) is 13.6 Å². The molecule has 0 spiro atoms. The highest BCUT2D eigenvalue weighted by molar-refractivity contribution is 14.2. The first-order valence-corrected chi connectivity index (χ1v) is 12.5. The average Bonchev–Trinajstić information content (AvgIpc) is 3.18. The number of hydrogen-bond donors (Lipinski definition) is 1. The fraction of sp³-hybridized carbons (Fsp3) is 0.0455. The molecule has 162 valence electrons. The van der Waals surface area contributed by atoms with Crippen LogP contribution in [-0.4, -0.2) is 27.0 Å². The smallest absolute Gasteiger partial charge is 0.247 e. The molecule has 32 heavy (non-hydrogen) atoms. The Labute approximate surface area is 198 Å².